The first-order valence-corrected chi connectivity index (χ1v) is 9.07. The molecule has 0 aromatic rings. The summed E-state index contributed by atoms with van der Waals surface area (Å²) in [5, 5.41) is 13.8. The summed E-state index contributed by atoms with van der Waals surface area (Å²) >= 11 is 0. The predicted molar refractivity (Wildman–Crippen MR) is 81.5 cm³/mol. The van der Waals surface area contributed by atoms with Crippen LogP contribution in [0.5, 0.6) is 0 Å². The van der Waals surface area contributed by atoms with Gasteiger partial charge in [-0.25, -0.2) is 0 Å². The minimum Gasteiger partial charge on any atom is -0.393 e. The lowest BCUT2D eigenvalue weighted by molar-refractivity contribution is -0.0737. The van der Waals surface area contributed by atoms with Gasteiger partial charge < -0.3 is 10.4 Å². The van der Waals surface area contributed by atoms with Crippen LogP contribution in [0.25, 0.3) is 0 Å². The molecule has 3 atom stereocenters. The highest BCUT2D eigenvalue weighted by Crippen LogP contribution is 2.61. The number of rotatable bonds is 3. The molecule has 3 unspecified atom stereocenters. The van der Waals surface area contributed by atoms with Gasteiger partial charge in [0.05, 0.1) is 6.10 Å². The van der Waals surface area contributed by atoms with E-state index >= 15 is 0 Å². The second-order valence-electron chi connectivity index (χ2n) is 8.69. The van der Waals surface area contributed by atoms with E-state index in [1.54, 1.807) is 0 Å². The van der Waals surface area contributed by atoms with Crippen LogP contribution in [0.2, 0.25) is 0 Å². The number of hydrogen-bond donors (Lipinski definition) is 2. The highest BCUT2D eigenvalue weighted by Gasteiger charge is 2.53. The van der Waals surface area contributed by atoms with Gasteiger partial charge in [-0.05, 0) is 94.3 Å². The Hall–Kier alpha value is -0.0800. The van der Waals surface area contributed by atoms with E-state index in [-0.39, 0.29) is 6.10 Å². The van der Waals surface area contributed by atoms with E-state index in [0.29, 0.717) is 17.5 Å². The van der Waals surface area contributed by atoms with Crippen molar-refractivity contribution in [1.29, 1.82) is 0 Å². The van der Waals surface area contributed by atoms with E-state index in [9.17, 15) is 5.11 Å². The molecule has 5 aliphatic carbocycles. The normalized spacial score (nSPS) is 52.2. The van der Waals surface area contributed by atoms with Crippen molar-refractivity contribution in [3.05, 3.63) is 0 Å². The molecule has 4 bridgehead atoms. The van der Waals surface area contributed by atoms with Crippen LogP contribution in [0.15, 0.2) is 0 Å². The molecule has 114 valence electrons. The minimum absolute atomic E-state index is 0.0511. The zero-order chi connectivity index (χ0) is 13.7. The van der Waals surface area contributed by atoms with Crippen LogP contribution in [0.3, 0.4) is 0 Å². The van der Waals surface area contributed by atoms with Crippen LogP contribution >= 0.6 is 0 Å². The molecule has 0 aliphatic heterocycles. The Morgan fingerprint density at radius 2 is 1.55 bits per heavy atom. The Morgan fingerprint density at radius 3 is 2.10 bits per heavy atom. The lowest BCUT2D eigenvalue weighted by Crippen LogP contribution is -2.57. The average Bonchev–Trinajstić information content (AvgIpc) is 2.37. The van der Waals surface area contributed by atoms with Crippen molar-refractivity contribution in [1.82, 2.24) is 5.32 Å². The summed E-state index contributed by atoms with van der Waals surface area (Å²) in [6.45, 7) is 2.45. The maximum Gasteiger partial charge on any atom is 0.0555 e. The van der Waals surface area contributed by atoms with Crippen LogP contribution in [0.4, 0.5) is 0 Å². The largest absolute Gasteiger partial charge is 0.393 e. The van der Waals surface area contributed by atoms with Crippen molar-refractivity contribution in [3.8, 4) is 0 Å². The number of aliphatic hydroxyl groups excluding tert-OH is 1. The Kier molecular flexibility index (Phi) is 3.38. The Balaban J connectivity index is 1.44. The van der Waals surface area contributed by atoms with Gasteiger partial charge in [0.15, 0.2) is 0 Å². The summed E-state index contributed by atoms with van der Waals surface area (Å²) in [5.41, 5.74) is 0.608. The van der Waals surface area contributed by atoms with Gasteiger partial charge in [0.25, 0.3) is 0 Å². The van der Waals surface area contributed by atoms with Crippen molar-refractivity contribution in [2.45, 2.75) is 89.3 Å². The monoisotopic (exact) mass is 277 g/mol. The second kappa shape index (κ2) is 4.98. The molecule has 5 saturated carbocycles. The number of nitrogens with one attached hydrogen (secondary N) is 1. The molecule has 0 aromatic heterocycles. The molecule has 20 heavy (non-hydrogen) atoms. The van der Waals surface area contributed by atoms with E-state index in [2.05, 4.69) is 12.2 Å². The SMILES string of the molecule is CC(NC1CCCC(O)C1)C12CC3CC(CC(C3)C1)C2. The molecule has 5 rings (SSSR count). The van der Waals surface area contributed by atoms with E-state index in [1.165, 1.54) is 51.4 Å². The summed E-state index contributed by atoms with van der Waals surface area (Å²) in [6, 6.07) is 1.23. The third-order valence-corrected chi connectivity index (χ3v) is 7.14. The fraction of sp³-hybridized carbons (Fsp3) is 1.00. The molecule has 2 heteroatoms. The van der Waals surface area contributed by atoms with Gasteiger partial charge in [-0.2, -0.15) is 0 Å². The molecule has 0 radical (unpaired) electrons. The van der Waals surface area contributed by atoms with E-state index in [0.717, 1.165) is 30.6 Å². The quantitative estimate of drug-likeness (QED) is 0.827. The lowest BCUT2D eigenvalue weighted by Gasteiger charge is -2.59. The molecule has 0 heterocycles. The standard InChI is InChI=1S/C18H31NO/c1-12(19-16-3-2-4-17(20)8-16)18-9-13-5-14(10-18)7-15(6-13)11-18/h12-17,19-20H,2-11H2,1H3. The van der Waals surface area contributed by atoms with Gasteiger partial charge >= 0.3 is 0 Å². The Labute approximate surface area is 123 Å². The summed E-state index contributed by atoms with van der Waals surface area (Å²) in [5.74, 6) is 3.13. The van der Waals surface area contributed by atoms with Crippen molar-refractivity contribution in [2.24, 2.45) is 23.2 Å². The predicted octanol–water partition coefficient (Wildman–Crippen LogP) is 3.48. The van der Waals surface area contributed by atoms with E-state index in [4.69, 9.17) is 0 Å². The van der Waals surface area contributed by atoms with E-state index < -0.39 is 0 Å². The molecular weight excluding hydrogens is 246 g/mol. The lowest BCUT2D eigenvalue weighted by atomic mass is 9.48. The molecule has 5 aliphatic rings. The topological polar surface area (TPSA) is 32.3 Å². The summed E-state index contributed by atoms with van der Waals surface area (Å²) in [6.07, 6.45) is 13.5. The van der Waals surface area contributed by atoms with Crippen LogP contribution in [-0.4, -0.2) is 23.3 Å². The van der Waals surface area contributed by atoms with Crippen LogP contribution in [0, 0.1) is 23.2 Å². The molecule has 2 N–H and O–H groups in total. The highest BCUT2D eigenvalue weighted by atomic mass is 16.3. The zero-order valence-electron chi connectivity index (χ0n) is 13.0. The molecule has 5 fully saturated rings. The molecule has 0 aromatic carbocycles. The maximum atomic E-state index is 9.89. The second-order valence-corrected chi connectivity index (χ2v) is 8.69. The molecule has 0 amide bonds. The summed E-state index contributed by atoms with van der Waals surface area (Å²) in [4.78, 5) is 0. The number of hydrogen-bond acceptors (Lipinski definition) is 2. The van der Waals surface area contributed by atoms with Crippen molar-refractivity contribution in [3.63, 3.8) is 0 Å². The van der Waals surface area contributed by atoms with Crippen molar-refractivity contribution in [2.75, 3.05) is 0 Å². The maximum absolute atomic E-state index is 9.89. The third kappa shape index (κ3) is 2.33. The van der Waals surface area contributed by atoms with Crippen LogP contribution in [-0.2, 0) is 0 Å². The summed E-state index contributed by atoms with van der Waals surface area (Å²) < 4.78 is 0. The molecular formula is C18H31NO. The first kappa shape index (κ1) is 13.6. The van der Waals surface area contributed by atoms with Crippen molar-refractivity contribution < 1.29 is 5.11 Å². The van der Waals surface area contributed by atoms with Gasteiger partial charge in [0.2, 0.25) is 0 Å². The first-order chi connectivity index (χ1) is 9.63. The first-order valence-electron chi connectivity index (χ1n) is 9.07. The van der Waals surface area contributed by atoms with Gasteiger partial charge in [0.1, 0.15) is 0 Å². The Bertz CT molecular complexity index is 331. The van der Waals surface area contributed by atoms with Crippen molar-refractivity contribution >= 4 is 0 Å². The average molecular weight is 277 g/mol. The zero-order valence-corrected chi connectivity index (χ0v) is 13.0. The molecule has 0 spiro atoms. The fourth-order valence-corrected chi connectivity index (χ4v) is 6.55. The van der Waals surface area contributed by atoms with Gasteiger partial charge in [-0.1, -0.05) is 0 Å². The Morgan fingerprint density at radius 1 is 0.950 bits per heavy atom. The fourth-order valence-electron chi connectivity index (χ4n) is 6.55. The van der Waals surface area contributed by atoms with Crippen LogP contribution < -0.4 is 5.32 Å². The third-order valence-electron chi connectivity index (χ3n) is 7.14. The van der Waals surface area contributed by atoms with Gasteiger partial charge in [0, 0.05) is 12.1 Å². The molecule has 2 nitrogen and oxygen atoms in total. The van der Waals surface area contributed by atoms with Gasteiger partial charge in [-0.3, -0.25) is 0 Å². The van der Waals surface area contributed by atoms with Gasteiger partial charge in [-0.15, -0.1) is 0 Å². The smallest absolute Gasteiger partial charge is 0.0555 e. The number of aliphatic hydroxyl groups is 1. The minimum atomic E-state index is -0.0511. The van der Waals surface area contributed by atoms with E-state index in [1.807, 2.05) is 0 Å². The highest BCUT2D eigenvalue weighted by molar-refractivity contribution is 5.05. The van der Waals surface area contributed by atoms with Crippen LogP contribution in [0.1, 0.15) is 71.1 Å². The molecule has 0 saturated heterocycles. The summed E-state index contributed by atoms with van der Waals surface area (Å²) in [7, 11) is 0.